The first kappa shape index (κ1) is 14.3. The molecular weight excluding hydrogens is 226 g/mol. The fourth-order valence-corrected chi connectivity index (χ4v) is 3.24. The lowest BCUT2D eigenvalue weighted by molar-refractivity contribution is -0.0144. The molecule has 0 aliphatic carbocycles. The van der Waals surface area contributed by atoms with Gasteiger partial charge in [-0.25, -0.2) is 0 Å². The molecular formula is C15H29NO2. The number of hydrogen-bond donors (Lipinski definition) is 1. The average Bonchev–Trinajstić information content (AvgIpc) is 2.39. The van der Waals surface area contributed by atoms with Crippen molar-refractivity contribution in [3.63, 3.8) is 0 Å². The van der Waals surface area contributed by atoms with Crippen LogP contribution in [0, 0.1) is 11.3 Å². The first-order chi connectivity index (χ1) is 8.70. The molecule has 0 radical (unpaired) electrons. The molecule has 3 heteroatoms. The van der Waals surface area contributed by atoms with Gasteiger partial charge < -0.3 is 14.8 Å². The van der Waals surface area contributed by atoms with Crippen molar-refractivity contribution in [1.29, 1.82) is 0 Å². The number of rotatable bonds is 5. The lowest BCUT2D eigenvalue weighted by Gasteiger charge is -2.41. The maximum Gasteiger partial charge on any atom is 0.0471 e. The largest absolute Gasteiger partial charge is 0.381 e. The smallest absolute Gasteiger partial charge is 0.0471 e. The molecule has 2 heterocycles. The van der Waals surface area contributed by atoms with Gasteiger partial charge in [-0.1, -0.05) is 13.8 Å². The summed E-state index contributed by atoms with van der Waals surface area (Å²) in [7, 11) is 0. The third-order valence-corrected chi connectivity index (χ3v) is 4.50. The van der Waals surface area contributed by atoms with E-state index in [2.05, 4.69) is 19.2 Å². The van der Waals surface area contributed by atoms with Crippen molar-refractivity contribution in [1.82, 2.24) is 5.32 Å². The van der Waals surface area contributed by atoms with Crippen LogP contribution in [0.1, 0.15) is 46.0 Å². The van der Waals surface area contributed by atoms with Gasteiger partial charge in [0.05, 0.1) is 0 Å². The third-order valence-electron chi connectivity index (χ3n) is 4.50. The summed E-state index contributed by atoms with van der Waals surface area (Å²) >= 11 is 0. The van der Waals surface area contributed by atoms with Crippen molar-refractivity contribution >= 4 is 0 Å². The van der Waals surface area contributed by atoms with Crippen LogP contribution in [-0.2, 0) is 9.47 Å². The summed E-state index contributed by atoms with van der Waals surface area (Å²) in [5.74, 6) is 0.866. The molecule has 0 atom stereocenters. The minimum Gasteiger partial charge on any atom is -0.381 e. The van der Waals surface area contributed by atoms with E-state index in [9.17, 15) is 0 Å². The van der Waals surface area contributed by atoms with Gasteiger partial charge in [0.15, 0.2) is 0 Å². The summed E-state index contributed by atoms with van der Waals surface area (Å²) in [5, 5.41) is 3.66. The molecule has 3 nitrogen and oxygen atoms in total. The fraction of sp³-hybridized carbons (Fsp3) is 1.00. The SMILES string of the molecule is CC(C)NCC1(CC2CCOCC2)CCOCC1. The van der Waals surface area contributed by atoms with Crippen LogP contribution in [0.4, 0.5) is 0 Å². The van der Waals surface area contributed by atoms with Gasteiger partial charge in [0.2, 0.25) is 0 Å². The second-order valence-electron chi connectivity index (χ2n) is 6.41. The van der Waals surface area contributed by atoms with Gasteiger partial charge in [-0.3, -0.25) is 0 Å². The van der Waals surface area contributed by atoms with Crippen LogP contribution in [0.2, 0.25) is 0 Å². The summed E-state index contributed by atoms with van der Waals surface area (Å²) in [4.78, 5) is 0. The van der Waals surface area contributed by atoms with Gasteiger partial charge in [0.25, 0.3) is 0 Å². The van der Waals surface area contributed by atoms with Crippen LogP contribution >= 0.6 is 0 Å². The van der Waals surface area contributed by atoms with E-state index in [-0.39, 0.29) is 0 Å². The van der Waals surface area contributed by atoms with Crippen LogP contribution < -0.4 is 5.32 Å². The zero-order valence-corrected chi connectivity index (χ0v) is 12.0. The molecule has 2 aliphatic rings. The van der Waals surface area contributed by atoms with Gasteiger partial charge >= 0.3 is 0 Å². The Morgan fingerprint density at radius 2 is 1.67 bits per heavy atom. The maximum absolute atomic E-state index is 5.57. The van der Waals surface area contributed by atoms with E-state index in [0.717, 1.165) is 38.9 Å². The van der Waals surface area contributed by atoms with E-state index in [1.165, 1.54) is 32.1 Å². The van der Waals surface area contributed by atoms with Gasteiger partial charge in [-0.05, 0) is 43.4 Å². The van der Waals surface area contributed by atoms with Crippen LogP contribution in [0.15, 0.2) is 0 Å². The molecule has 2 aliphatic heterocycles. The minimum absolute atomic E-state index is 0.477. The van der Waals surface area contributed by atoms with E-state index in [1.807, 2.05) is 0 Å². The van der Waals surface area contributed by atoms with Gasteiger partial charge in [0.1, 0.15) is 0 Å². The molecule has 0 aromatic rings. The molecule has 0 aromatic carbocycles. The Morgan fingerprint density at radius 1 is 1.06 bits per heavy atom. The Hall–Kier alpha value is -0.120. The average molecular weight is 255 g/mol. The molecule has 0 aromatic heterocycles. The second-order valence-corrected chi connectivity index (χ2v) is 6.41. The van der Waals surface area contributed by atoms with E-state index in [0.29, 0.717) is 11.5 Å². The van der Waals surface area contributed by atoms with Crippen molar-refractivity contribution in [3.8, 4) is 0 Å². The lowest BCUT2D eigenvalue weighted by Crippen LogP contribution is -2.43. The molecule has 0 unspecified atom stereocenters. The predicted octanol–water partition coefficient (Wildman–Crippen LogP) is 2.60. The van der Waals surface area contributed by atoms with E-state index < -0.39 is 0 Å². The Kier molecular flexibility index (Phi) is 5.46. The Balaban J connectivity index is 1.90. The highest BCUT2D eigenvalue weighted by atomic mass is 16.5. The molecule has 2 saturated heterocycles. The van der Waals surface area contributed by atoms with Gasteiger partial charge in [0, 0.05) is 39.0 Å². The number of nitrogens with one attached hydrogen (secondary N) is 1. The summed E-state index contributed by atoms with van der Waals surface area (Å²) in [5.41, 5.74) is 0.477. The number of ether oxygens (including phenoxy) is 2. The van der Waals surface area contributed by atoms with Crippen LogP contribution in [0.25, 0.3) is 0 Å². The Bertz CT molecular complexity index is 231. The van der Waals surface area contributed by atoms with Gasteiger partial charge in [-0.15, -0.1) is 0 Å². The first-order valence-corrected chi connectivity index (χ1v) is 7.59. The van der Waals surface area contributed by atoms with Crippen molar-refractivity contribution in [2.45, 2.75) is 52.0 Å². The standard InChI is InChI=1S/C15H29NO2/c1-13(2)16-12-15(5-9-18-10-6-15)11-14-3-7-17-8-4-14/h13-14,16H,3-12H2,1-2H3. The molecule has 106 valence electrons. The molecule has 18 heavy (non-hydrogen) atoms. The first-order valence-electron chi connectivity index (χ1n) is 7.59. The predicted molar refractivity (Wildman–Crippen MR) is 73.8 cm³/mol. The van der Waals surface area contributed by atoms with Crippen LogP contribution in [0.5, 0.6) is 0 Å². The van der Waals surface area contributed by atoms with Crippen molar-refractivity contribution in [2.24, 2.45) is 11.3 Å². The van der Waals surface area contributed by atoms with Crippen molar-refractivity contribution in [3.05, 3.63) is 0 Å². The summed E-state index contributed by atoms with van der Waals surface area (Å²) < 4.78 is 11.0. The second kappa shape index (κ2) is 6.88. The number of hydrogen-bond acceptors (Lipinski definition) is 3. The van der Waals surface area contributed by atoms with Crippen LogP contribution in [-0.4, -0.2) is 39.0 Å². The van der Waals surface area contributed by atoms with E-state index in [1.54, 1.807) is 0 Å². The zero-order valence-electron chi connectivity index (χ0n) is 12.0. The van der Waals surface area contributed by atoms with Crippen molar-refractivity contribution in [2.75, 3.05) is 33.0 Å². The molecule has 0 spiro atoms. The Morgan fingerprint density at radius 3 is 2.28 bits per heavy atom. The van der Waals surface area contributed by atoms with Crippen molar-refractivity contribution < 1.29 is 9.47 Å². The quantitative estimate of drug-likeness (QED) is 0.819. The molecule has 1 N–H and O–H groups in total. The van der Waals surface area contributed by atoms with Crippen LogP contribution in [0.3, 0.4) is 0 Å². The monoisotopic (exact) mass is 255 g/mol. The molecule has 2 rings (SSSR count). The summed E-state index contributed by atoms with van der Waals surface area (Å²) in [6.07, 6.45) is 6.32. The summed E-state index contributed by atoms with van der Waals surface area (Å²) in [6.45, 7) is 9.46. The highest BCUT2D eigenvalue weighted by Crippen LogP contribution is 2.39. The maximum atomic E-state index is 5.57. The van der Waals surface area contributed by atoms with E-state index >= 15 is 0 Å². The Labute approximate surface area is 112 Å². The lowest BCUT2D eigenvalue weighted by atomic mass is 9.71. The van der Waals surface area contributed by atoms with E-state index in [4.69, 9.17) is 9.47 Å². The topological polar surface area (TPSA) is 30.5 Å². The minimum atomic E-state index is 0.477. The molecule has 0 saturated carbocycles. The fourth-order valence-electron chi connectivity index (χ4n) is 3.24. The zero-order chi connectivity index (χ0) is 12.8. The van der Waals surface area contributed by atoms with Gasteiger partial charge in [-0.2, -0.15) is 0 Å². The highest BCUT2D eigenvalue weighted by molar-refractivity contribution is 4.87. The molecule has 2 fully saturated rings. The molecule has 0 bridgehead atoms. The third kappa shape index (κ3) is 4.22. The summed E-state index contributed by atoms with van der Waals surface area (Å²) in [6, 6.07) is 0.583. The normalized spacial score (nSPS) is 25.5. The highest BCUT2D eigenvalue weighted by Gasteiger charge is 2.35. The molecule has 0 amide bonds.